The summed E-state index contributed by atoms with van der Waals surface area (Å²) in [6.07, 6.45) is 5.41. The number of nitrogens with one attached hydrogen (secondary N) is 1. The van der Waals surface area contributed by atoms with Crippen molar-refractivity contribution >= 4 is 18.1 Å². The van der Waals surface area contributed by atoms with Gasteiger partial charge in [0.2, 0.25) is 0 Å². The Kier molecular flexibility index (Phi) is 3.69. The normalized spacial score (nSPS) is 22.4. The van der Waals surface area contributed by atoms with Gasteiger partial charge in [0.25, 0.3) is 0 Å². The monoisotopic (exact) mass is 251 g/mol. The summed E-state index contributed by atoms with van der Waals surface area (Å²) in [5.41, 5.74) is 2.27. The van der Waals surface area contributed by atoms with Gasteiger partial charge in [-0.15, -0.1) is 12.4 Å². The second-order valence-electron chi connectivity index (χ2n) is 4.78. The van der Waals surface area contributed by atoms with Crippen LogP contribution in [0.1, 0.15) is 19.0 Å². The minimum Gasteiger partial charge on any atom is -0.311 e. The Labute approximate surface area is 108 Å². The largest absolute Gasteiger partial charge is 0.311 e. The molecule has 1 N–H and O–H groups in total. The smallest absolute Gasteiger partial charge is 0.136 e. The molecule has 2 aromatic rings. The van der Waals surface area contributed by atoms with E-state index in [0.717, 1.165) is 30.6 Å². The van der Waals surface area contributed by atoms with E-state index in [0.29, 0.717) is 0 Å². The Morgan fingerprint density at radius 1 is 1.47 bits per heavy atom. The van der Waals surface area contributed by atoms with Gasteiger partial charge in [0.05, 0.1) is 11.9 Å². The van der Waals surface area contributed by atoms with Crippen molar-refractivity contribution < 1.29 is 0 Å². The fourth-order valence-electron chi connectivity index (χ4n) is 2.18. The Balaban J connectivity index is 0.00000108. The summed E-state index contributed by atoms with van der Waals surface area (Å²) in [7, 11) is 0. The highest BCUT2D eigenvalue weighted by Gasteiger charge is 2.31. The van der Waals surface area contributed by atoms with Crippen molar-refractivity contribution in [2.75, 3.05) is 6.54 Å². The van der Waals surface area contributed by atoms with Gasteiger partial charge in [-0.05, 0) is 36.9 Å². The van der Waals surface area contributed by atoms with Crippen LogP contribution in [0.3, 0.4) is 0 Å². The quantitative estimate of drug-likeness (QED) is 0.905. The lowest BCUT2D eigenvalue weighted by Crippen LogP contribution is -2.17. The molecule has 2 aromatic heterocycles. The van der Waals surface area contributed by atoms with Crippen LogP contribution in [0.4, 0.5) is 0 Å². The Hall–Kier alpha value is -1.06. The number of nitrogens with zero attached hydrogens (tertiary/aromatic N) is 2. The highest BCUT2D eigenvalue weighted by atomic mass is 35.5. The molecule has 2 heterocycles. The number of rotatable bonds is 4. The van der Waals surface area contributed by atoms with Gasteiger partial charge in [-0.3, -0.25) is 0 Å². The molecule has 1 aliphatic rings. The number of aromatic nitrogens is 2. The molecule has 1 saturated carbocycles. The van der Waals surface area contributed by atoms with Crippen LogP contribution in [0, 0.1) is 11.8 Å². The standard InChI is InChI=1S/C13H17N3.ClH/c1-10-6-11(10)7-14-8-12-9-15-13-4-2-3-5-16(12)13;/h2-5,9-11,14H,6-8H2,1H3;1H. The molecule has 0 spiro atoms. The molecule has 1 aliphatic carbocycles. The molecule has 3 nitrogen and oxygen atoms in total. The third-order valence-electron chi connectivity index (χ3n) is 3.48. The fraction of sp³-hybridized carbons (Fsp3) is 0.462. The van der Waals surface area contributed by atoms with Crippen molar-refractivity contribution in [2.24, 2.45) is 11.8 Å². The van der Waals surface area contributed by atoms with E-state index in [1.807, 2.05) is 24.4 Å². The van der Waals surface area contributed by atoms with E-state index in [1.54, 1.807) is 0 Å². The Morgan fingerprint density at radius 2 is 2.29 bits per heavy atom. The van der Waals surface area contributed by atoms with E-state index in [9.17, 15) is 0 Å². The first-order chi connectivity index (χ1) is 7.84. The SMILES string of the molecule is CC1CC1CNCc1cnc2ccccn12.Cl. The van der Waals surface area contributed by atoms with Gasteiger partial charge in [0.1, 0.15) is 5.65 Å². The molecule has 92 valence electrons. The van der Waals surface area contributed by atoms with Crippen molar-refractivity contribution in [3.05, 3.63) is 36.3 Å². The zero-order valence-electron chi connectivity index (χ0n) is 9.97. The minimum atomic E-state index is 0. The third-order valence-corrected chi connectivity index (χ3v) is 3.48. The highest BCUT2D eigenvalue weighted by molar-refractivity contribution is 5.85. The van der Waals surface area contributed by atoms with E-state index < -0.39 is 0 Å². The molecule has 0 aromatic carbocycles. The zero-order valence-corrected chi connectivity index (χ0v) is 10.8. The van der Waals surface area contributed by atoms with Crippen molar-refractivity contribution in [1.29, 1.82) is 0 Å². The van der Waals surface area contributed by atoms with Crippen LogP contribution in [0.25, 0.3) is 5.65 Å². The maximum atomic E-state index is 4.37. The molecule has 4 heteroatoms. The number of hydrogen-bond acceptors (Lipinski definition) is 2. The molecule has 0 saturated heterocycles. The topological polar surface area (TPSA) is 29.3 Å². The van der Waals surface area contributed by atoms with Crippen LogP contribution >= 0.6 is 12.4 Å². The highest BCUT2D eigenvalue weighted by Crippen LogP contribution is 2.36. The maximum absolute atomic E-state index is 4.37. The minimum absolute atomic E-state index is 0. The van der Waals surface area contributed by atoms with Crippen molar-refractivity contribution in [3.63, 3.8) is 0 Å². The second kappa shape index (κ2) is 5.07. The van der Waals surface area contributed by atoms with Gasteiger partial charge in [-0.2, -0.15) is 0 Å². The van der Waals surface area contributed by atoms with Gasteiger partial charge < -0.3 is 9.72 Å². The van der Waals surface area contributed by atoms with Crippen molar-refractivity contribution in [2.45, 2.75) is 19.9 Å². The maximum Gasteiger partial charge on any atom is 0.136 e. The second-order valence-corrected chi connectivity index (χ2v) is 4.78. The third kappa shape index (κ3) is 2.61. The van der Waals surface area contributed by atoms with Crippen LogP contribution < -0.4 is 5.32 Å². The molecule has 17 heavy (non-hydrogen) atoms. The predicted octanol–water partition coefficient (Wildman–Crippen LogP) is 2.50. The fourth-order valence-corrected chi connectivity index (χ4v) is 2.18. The number of imidazole rings is 1. The van der Waals surface area contributed by atoms with Gasteiger partial charge in [0.15, 0.2) is 0 Å². The Bertz CT molecular complexity index is 494. The molecule has 1 fully saturated rings. The molecule has 0 amide bonds. The van der Waals surface area contributed by atoms with Crippen LogP contribution in [0.15, 0.2) is 30.6 Å². The van der Waals surface area contributed by atoms with E-state index in [1.165, 1.54) is 12.1 Å². The summed E-state index contributed by atoms with van der Waals surface area (Å²) in [6, 6.07) is 6.10. The summed E-state index contributed by atoms with van der Waals surface area (Å²) in [4.78, 5) is 4.37. The van der Waals surface area contributed by atoms with Crippen LogP contribution in [0.2, 0.25) is 0 Å². The number of pyridine rings is 1. The number of fused-ring (bicyclic) bond motifs is 1. The van der Waals surface area contributed by atoms with Crippen molar-refractivity contribution in [3.8, 4) is 0 Å². The van der Waals surface area contributed by atoms with Crippen molar-refractivity contribution in [1.82, 2.24) is 14.7 Å². The lowest BCUT2D eigenvalue weighted by molar-refractivity contribution is 0.603. The Morgan fingerprint density at radius 3 is 3.06 bits per heavy atom. The zero-order chi connectivity index (χ0) is 11.0. The summed E-state index contributed by atoms with van der Waals surface area (Å²) < 4.78 is 2.14. The lowest BCUT2D eigenvalue weighted by Gasteiger charge is -2.03. The first kappa shape index (κ1) is 12.4. The average molecular weight is 252 g/mol. The van der Waals surface area contributed by atoms with Gasteiger partial charge in [-0.25, -0.2) is 4.98 Å². The van der Waals surface area contributed by atoms with Crippen LogP contribution in [-0.2, 0) is 6.54 Å². The first-order valence-electron chi connectivity index (χ1n) is 5.96. The summed E-state index contributed by atoms with van der Waals surface area (Å²) in [5, 5.41) is 3.51. The first-order valence-corrected chi connectivity index (χ1v) is 5.96. The summed E-state index contributed by atoms with van der Waals surface area (Å²) >= 11 is 0. The predicted molar refractivity (Wildman–Crippen MR) is 71.4 cm³/mol. The molecule has 0 radical (unpaired) electrons. The molecule has 0 bridgehead atoms. The molecular formula is C13H18ClN3. The summed E-state index contributed by atoms with van der Waals surface area (Å²) in [5.74, 6) is 1.83. The molecule has 3 rings (SSSR count). The molecule has 0 aliphatic heterocycles. The van der Waals surface area contributed by atoms with Crippen LogP contribution in [0.5, 0.6) is 0 Å². The lowest BCUT2D eigenvalue weighted by atomic mass is 10.3. The molecule has 2 atom stereocenters. The van der Waals surface area contributed by atoms with Gasteiger partial charge in [0, 0.05) is 12.7 Å². The van der Waals surface area contributed by atoms with Gasteiger partial charge in [-0.1, -0.05) is 13.0 Å². The summed E-state index contributed by atoms with van der Waals surface area (Å²) in [6.45, 7) is 4.37. The number of halogens is 1. The number of hydrogen-bond donors (Lipinski definition) is 1. The van der Waals surface area contributed by atoms with E-state index in [-0.39, 0.29) is 12.4 Å². The average Bonchev–Trinajstić information content (AvgIpc) is 2.86. The molecular weight excluding hydrogens is 234 g/mol. The van der Waals surface area contributed by atoms with E-state index >= 15 is 0 Å². The molecule has 2 unspecified atom stereocenters. The van der Waals surface area contributed by atoms with Gasteiger partial charge >= 0.3 is 0 Å². The van der Waals surface area contributed by atoms with E-state index in [2.05, 4.69) is 27.8 Å². The van der Waals surface area contributed by atoms with Crippen LogP contribution in [-0.4, -0.2) is 15.9 Å². The van der Waals surface area contributed by atoms with E-state index in [4.69, 9.17) is 0 Å².